The number of amides is 1. The highest BCUT2D eigenvalue weighted by Gasteiger charge is 2.14. The Morgan fingerprint density at radius 3 is 2.81 bits per heavy atom. The van der Waals surface area contributed by atoms with Crippen molar-refractivity contribution in [1.82, 2.24) is 4.98 Å². The smallest absolute Gasteiger partial charge is 0.260 e. The van der Waals surface area contributed by atoms with E-state index in [1.54, 1.807) is 6.07 Å². The highest BCUT2D eigenvalue weighted by Crippen LogP contribution is 2.22. The maximum absolute atomic E-state index is 11.7. The second kappa shape index (κ2) is 4.55. The van der Waals surface area contributed by atoms with Crippen LogP contribution in [0.1, 0.15) is 10.4 Å². The van der Waals surface area contributed by atoms with Crippen molar-refractivity contribution in [2.45, 2.75) is 0 Å². The van der Waals surface area contributed by atoms with Crippen LogP contribution in [0.4, 0.5) is 5.69 Å². The van der Waals surface area contributed by atoms with Gasteiger partial charge in [0.15, 0.2) is 0 Å². The molecule has 2 heterocycles. The van der Waals surface area contributed by atoms with Crippen molar-refractivity contribution in [3.8, 4) is 0 Å². The number of nitrogens with one attached hydrogen (secondary N) is 1. The van der Waals surface area contributed by atoms with E-state index in [1.165, 1.54) is 24.7 Å². The summed E-state index contributed by atoms with van der Waals surface area (Å²) in [7, 11) is 0. The van der Waals surface area contributed by atoms with Crippen LogP contribution in [0.2, 0.25) is 10.2 Å². The van der Waals surface area contributed by atoms with E-state index >= 15 is 0 Å². The maximum Gasteiger partial charge on any atom is 0.260 e. The first-order chi connectivity index (χ1) is 7.68. The van der Waals surface area contributed by atoms with Gasteiger partial charge in [-0.15, -0.1) is 0 Å². The molecule has 82 valence electrons. The summed E-state index contributed by atoms with van der Waals surface area (Å²) < 4.78 is 4.81. The van der Waals surface area contributed by atoms with E-state index in [0.29, 0.717) is 10.7 Å². The number of nitrogens with zero attached hydrogens (tertiary/aromatic N) is 1. The molecule has 1 N–H and O–H groups in total. The fourth-order valence-corrected chi connectivity index (χ4v) is 1.47. The van der Waals surface area contributed by atoms with Crippen molar-refractivity contribution < 1.29 is 9.21 Å². The van der Waals surface area contributed by atoms with Gasteiger partial charge in [0.2, 0.25) is 5.22 Å². The molecule has 0 saturated carbocycles. The van der Waals surface area contributed by atoms with Crippen LogP contribution in [0.5, 0.6) is 0 Å². The van der Waals surface area contributed by atoms with Crippen molar-refractivity contribution in [1.29, 1.82) is 0 Å². The third kappa shape index (κ3) is 2.18. The first-order valence-electron chi connectivity index (χ1n) is 4.32. The third-order valence-corrected chi connectivity index (χ3v) is 2.50. The van der Waals surface area contributed by atoms with Crippen molar-refractivity contribution in [3.05, 3.63) is 46.6 Å². The van der Waals surface area contributed by atoms with Crippen molar-refractivity contribution in [2.75, 3.05) is 5.32 Å². The van der Waals surface area contributed by atoms with E-state index in [9.17, 15) is 4.79 Å². The molecule has 0 unspecified atom stereocenters. The molecule has 0 aliphatic rings. The first-order valence-corrected chi connectivity index (χ1v) is 5.08. The molecule has 0 aliphatic carbocycles. The molecule has 16 heavy (non-hydrogen) atoms. The fraction of sp³-hybridized carbons (Fsp3) is 0. The first kappa shape index (κ1) is 11.0. The predicted octanol–water partition coefficient (Wildman–Crippen LogP) is 3.23. The largest absolute Gasteiger partial charge is 0.452 e. The lowest BCUT2D eigenvalue weighted by atomic mass is 10.3. The minimum Gasteiger partial charge on any atom is -0.452 e. The predicted molar refractivity (Wildman–Crippen MR) is 60.9 cm³/mol. The molecule has 6 heteroatoms. The molecule has 0 bridgehead atoms. The van der Waals surface area contributed by atoms with Crippen LogP contribution in [-0.2, 0) is 0 Å². The van der Waals surface area contributed by atoms with Gasteiger partial charge in [0.1, 0.15) is 0 Å². The number of pyridine rings is 1. The summed E-state index contributed by atoms with van der Waals surface area (Å²) in [5, 5.41) is 3.02. The Hall–Kier alpha value is -1.52. The summed E-state index contributed by atoms with van der Waals surface area (Å²) in [4.78, 5) is 15.6. The summed E-state index contributed by atoms with van der Waals surface area (Å²) in [5.74, 6) is -0.395. The van der Waals surface area contributed by atoms with Gasteiger partial charge in [0.25, 0.3) is 5.91 Å². The van der Waals surface area contributed by atoms with Gasteiger partial charge in [-0.3, -0.25) is 9.78 Å². The molecule has 0 aliphatic heterocycles. The zero-order valence-corrected chi connectivity index (χ0v) is 9.42. The summed E-state index contributed by atoms with van der Waals surface area (Å²) in [5.41, 5.74) is 0.674. The number of rotatable bonds is 2. The Balaban J connectivity index is 2.21. The highest BCUT2D eigenvalue weighted by atomic mass is 35.5. The van der Waals surface area contributed by atoms with Gasteiger partial charge < -0.3 is 9.73 Å². The maximum atomic E-state index is 11.7. The Labute approximate surface area is 101 Å². The van der Waals surface area contributed by atoms with Gasteiger partial charge in [-0.2, -0.15) is 0 Å². The SMILES string of the molecule is O=C(Nc1cnccc1Cl)c1ccoc1Cl. The molecular formula is C10H6Cl2N2O2. The van der Waals surface area contributed by atoms with Crippen LogP contribution in [0, 0.1) is 0 Å². The number of aromatic nitrogens is 1. The average Bonchev–Trinajstić information content (AvgIpc) is 2.68. The summed E-state index contributed by atoms with van der Waals surface area (Å²) in [6.07, 6.45) is 4.32. The zero-order valence-electron chi connectivity index (χ0n) is 7.91. The third-order valence-electron chi connectivity index (χ3n) is 1.88. The lowest BCUT2D eigenvalue weighted by molar-refractivity contribution is 0.102. The van der Waals surface area contributed by atoms with E-state index < -0.39 is 5.91 Å². The zero-order chi connectivity index (χ0) is 11.5. The Morgan fingerprint density at radius 1 is 1.38 bits per heavy atom. The standard InChI is InChI=1S/C10H6Cl2N2O2/c11-7-1-3-13-5-8(7)14-10(15)6-2-4-16-9(6)12/h1-5H,(H,14,15). The molecule has 0 aromatic carbocycles. The molecule has 2 aromatic heterocycles. The van der Waals surface area contributed by atoms with E-state index in [4.69, 9.17) is 27.6 Å². The number of halogens is 2. The molecule has 1 amide bonds. The van der Waals surface area contributed by atoms with Crippen LogP contribution in [0.25, 0.3) is 0 Å². The minimum atomic E-state index is -0.395. The molecule has 0 spiro atoms. The average molecular weight is 257 g/mol. The summed E-state index contributed by atoms with van der Waals surface area (Å²) >= 11 is 11.5. The van der Waals surface area contributed by atoms with Gasteiger partial charge in [0, 0.05) is 6.20 Å². The fourth-order valence-electron chi connectivity index (χ4n) is 1.11. The Morgan fingerprint density at radius 2 is 2.19 bits per heavy atom. The quantitative estimate of drug-likeness (QED) is 0.898. The molecule has 0 radical (unpaired) electrons. The molecule has 2 aromatic rings. The van der Waals surface area contributed by atoms with Crippen LogP contribution < -0.4 is 5.32 Å². The van der Waals surface area contributed by atoms with Gasteiger partial charge in [-0.1, -0.05) is 11.6 Å². The van der Waals surface area contributed by atoms with E-state index in [1.807, 2.05) is 0 Å². The molecular weight excluding hydrogens is 251 g/mol. The Kier molecular flexibility index (Phi) is 3.12. The highest BCUT2D eigenvalue weighted by molar-refractivity contribution is 6.35. The Bertz CT molecular complexity index is 525. The summed E-state index contributed by atoms with van der Waals surface area (Å²) in [6.45, 7) is 0. The second-order valence-corrected chi connectivity index (χ2v) is 3.67. The second-order valence-electron chi connectivity index (χ2n) is 2.92. The van der Waals surface area contributed by atoms with Gasteiger partial charge in [-0.25, -0.2) is 0 Å². The van der Waals surface area contributed by atoms with Crippen LogP contribution in [-0.4, -0.2) is 10.9 Å². The number of carbonyl (C=O) groups is 1. The molecule has 0 fully saturated rings. The number of furan rings is 1. The van der Waals surface area contributed by atoms with Gasteiger partial charge >= 0.3 is 0 Å². The number of hydrogen-bond acceptors (Lipinski definition) is 3. The van der Waals surface area contributed by atoms with Crippen LogP contribution in [0.3, 0.4) is 0 Å². The van der Waals surface area contributed by atoms with Gasteiger partial charge in [-0.05, 0) is 23.7 Å². The van der Waals surface area contributed by atoms with E-state index in [0.717, 1.165) is 0 Å². The molecule has 4 nitrogen and oxygen atoms in total. The molecule has 2 rings (SSSR count). The van der Waals surface area contributed by atoms with Crippen LogP contribution in [0.15, 0.2) is 35.2 Å². The minimum absolute atomic E-state index is 0.0394. The monoisotopic (exact) mass is 256 g/mol. The number of anilines is 1. The lowest BCUT2D eigenvalue weighted by Gasteiger charge is -2.04. The van der Waals surface area contributed by atoms with E-state index in [2.05, 4.69) is 10.3 Å². The molecule has 0 atom stereocenters. The number of carbonyl (C=O) groups excluding carboxylic acids is 1. The normalized spacial score (nSPS) is 10.1. The van der Waals surface area contributed by atoms with Crippen molar-refractivity contribution in [3.63, 3.8) is 0 Å². The topological polar surface area (TPSA) is 55.1 Å². The van der Waals surface area contributed by atoms with Crippen molar-refractivity contribution in [2.24, 2.45) is 0 Å². The van der Waals surface area contributed by atoms with E-state index in [-0.39, 0.29) is 10.8 Å². The molecule has 0 saturated heterocycles. The van der Waals surface area contributed by atoms with Crippen molar-refractivity contribution >= 4 is 34.8 Å². The number of hydrogen-bond donors (Lipinski definition) is 1. The van der Waals surface area contributed by atoms with Gasteiger partial charge in [0.05, 0.1) is 28.7 Å². The lowest BCUT2D eigenvalue weighted by Crippen LogP contribution is -2.11. The van der Waals surface area contributed by atoms with Crippen LogP contribution >= 0.6 is 23.2 Å². The summed E-state index contributed by atoms with van der Waals surface area (Å²) in [6, 6.07) is 3.05.